The Bertz CT molecular complexity index is 1130. The number of amides is 1. The van der Waals surface area contributed by atoms with Gasteiger partial charge in [-0.2, -0.15) is 0 Å². The van der Waals surface area contributed by atoms with Crippen molar-refractivity contribution in [2.24, 2.45) is 14.1 Å². The highest BCUT2D eigenvalue weighted by Crippen LogP contribution is 2.10. The first-order valence-corrected chi connectivity index (χ1v) is 8.25. The van der Waals surface area contributed by atoms with E-state index >= 15 is 0 Å². The van der Waals surface area contributed by atoms with E-state index in [9.17, 15) is 14.4 Å². The second-order valence-corrected chi connectivity index (χ2v) is 6.52. The fourth-order valence-corrected chi connectivity index (χ4v) is 2.72. The Hall–Kier alpha value is -3.33. The molecule has 0 unspecified atom stereocenters. The molecule has 3 aromatic rings. The van der Waals surface area contributed by atoms with E-state index < -0.39 is 17.2 Å². The van der Waals surface area contributed by atoms with Crippen molar-refractivity contribution in [1.82, 2.24) is 24.0 Å². The molecule has 0 fully saturated rings. The molecule has 0 atom stereocenters. The van der Waals surface area contributed by atoms with Crippen molar-refractivity contribution in [1.29, 1.82) is 0 Å². The van der Waals surface area contributed by atoms with Crippen LogP contribution in [0.1, 0.15) is 16.1 Å². The van der Waals surface area contributed by atoms with Gasteiger partial charge >= 0.3 is 5.69 Å². The normalized spacial score (nSPS) is 11.1. The second kappa shape index (κ2) is 7.12. The maximum absolute atomic E-state index is 12.5. The zero-order valence-corrected chi connectivity index (χ0v) is 15.6. The lowest BCUT2D eigenvalue weighted by molar-refractivity contribution is 0.102. The number of hydrogen-bond acceptors (Lipinski definition) is 6. The van der Waals surface area contributed by atoms with Gasteiger partial charge in [0.2, 0.25) is 0 Å². The van der Waals surface area contributed by atoms with Crippen molar-refractivity contribution >= 4 is 22.8 Å². The molecule has 1 N–H and O–H groups in total. The molecule has 0 aliphatic carbocycles. The van der Waals surface area contributed by atoms with Crippen LogP contribution in [-0.2, 0) is 20.6 Å². The van der Waals surface area contributed by atoms with Crippen LogP contribution in [-0.4, -0.2) is 44.0 Å². The summed E-state index contributed by atoms with van der Waals surface area (Å²) in [5, 5.41) is 2.93. The lowest BCUT2D eigenvalue weighted by Gasteiger charge is -2.10. The molecule has 0 radical (unpaired) electrons. The van der Waals surface area contributed by atoms with Gasteiger partial charge in [-0.1, -0.05) is 6.07 Å². The van der Waals surface area contributed by atoms with Crippen molar-refractivity contribution in [2.75, 3.05) is 19.4 Å². The molecule has 0 aliphatic heterocycles. The first kappa shape index (κ1) is 18.5. The van der Waals surface area contributed by atoms with E-state index in [1.165, 1.54) is 30.8 Å². The first-order valence-electron chi connectivity index (χ1n) is 8.25. The predicted octanol–water partition coefficient (Wildman–Crippen LogP) is 0.341. The molecular weight excluding hydrogens is 348 g/mol. The Morgan fingerprint density at radius 1 is 1.11 bits per heavy atom. The van der Waals surface area contributed by atoms with E-state index in [1.54, 1.807) is 12.3 Å². The zero-order valence-electron chi connectivity index (χ0n) is 15.6. The number of carbonyl (C=O) groups is 1. The molecule has 0 aliphatic rings. The zero-order chi connectivity index (χ0) is 19.7. The number of fused-ring (bicyclic) bond motifs is 1. The van der Waals surface area contributed by atoms with Crippen molar-refractivity contribution in [3.8, 4) is 0 Å². The molecule has 27 heavy (non-hydrogen) atoms. The van der Waals surface area contributed by atoms with Crippen LogP contribution in [0.15, 0.2) is 40.1 Å². The molecule has 0 aromatic carbocycles. The van der Waals surface area contributed by atoms with Gasteiger partial charge < -0.3 is 10.2 Å². The minimum Gasteiger partial charge on any atom is -0.305 e. The molecule has 9 nitrogen and oxygen atoms in total. The maximum atomic E-state index is 12.5. The summed E-state index contributed by atoms with van der Waals surface area (Å²) in [6, 6.07) is 6.53. The Balaban J connectivity index is 1.90. The minimum absolute atomic E-state index is 0.0879. The number of carbonyl (C=O) groups excluding carboxylic acids is 1. The number of nitrogens with zero attached hydrogens (tertiary/aromatic N) is 5. The number of hydrogen-bond donors (Lipinski definition) is 1. The molecule has 0 saturated heterocycles. The number of rotatable bonds is 4. The molecule has 140 valence electrons. The average molecular weight is 368 g/mol. The lowest BCUT2D eigenvalue weighted by Crippen LogP contribution is -2.37. The minimum atomic E-state index is -0.504. The number of nitrogens with one attached hydrogen (secondary N) is 1. The number of anilines is 1. The summed E-state index contributed by atoms with van der Waals surface area (Å²) in [5.74, 6) is -0.0832. The van der Waals surface area contributed by atoms with Gasteiger partial charge in [-0.05, 0) is 37.9 Å². The van der Waals surface area contributed by atoms with Gasteiger partial charge in [-0.15, -0.1) is 0 Å². The summed E-state index contributed by atoms with van der Waals surface area (Å²) in [4.78, 5) is 47.1. The van der Waals surface area contributed by atoms with E-state index in [-0.39, 0.29) is 16.7 Å². The summed E-state index contributed by atoms with van der Waals surface area (Å²) in [5.41, 5.74) is 0.309. The average Bonchev–Trinajstić information content (AvgIpc) is 2.65. The molecule has 3 aromatic heterocycles. The Kier molecular flexibility index (Phi) is 4.87. The van der Waals surface area contributed by atoms with Crippen LogP contribution >= 0.6 is 0 Å². The summed E-state index contributed by atoms with van der Waals surface area (Å²) >= 11 is 0. The lowest BCUT2D eigenvalue weighted by atomic mass is 10.2. The second-order valence-electron chi connectivity index (χ2n) is 6.52. The highest BCUT2D eigenvalue weighted by molar-refractivity contribution is 6.03. The van der Waals surface area contributed by atoms with Crippen LogP contribution in [0.25, 0.3) is 11.0 Å². The van der Waals surface area contributed by atoms with Gasteiger partial charge in [0.1, 0.15) is 17.2 Å². The van der Waals surface area contributed by atoms with Crippen LogP contribution in [0, 0.1) is 0 Å². The number of aromatic nitrogens is 4. The summed E-state index contributed by atoms with van der Waals surface area (Å²) in [6.45, 7) is 0.746. The summed E-state index contributed by atoms with van der Waals surface area (Å²) < 4.78 is 2.24. The van der Waals surface area contributed by atoms with Crippen LogP contribution < -0.4 is 16.6 Å². The quantitative estimate of drug-likeness (QED) is 0.713. The molecule has 0 saturated carbocycles. The van der Waals surface area contributed by atoms with Crippen molar-refractivity contribution < 1.29 is 4.79 Å². The van der Waals surface area contributed by atoms with Crippen LogP contribution in [0.2, 0.25) is 0 Å². The third-order valence-corrected chi connectivity index (χ3v) is 4.10. The Morgan fingerprint density at radius 2 is 1.85 bits per heavy atom. The largest absolute Gasteiger partial charge is 0.332 e. The third kappa shape index (κ3) is 3.63. The molecular formula is C18H20N6O3. The van der Waals surface area contributed by atoms with E-state index in [0.29, 0.717) is 5.82 Å². The van der Waals surface area contributed by atoms with Crippen molar-refractivity contribution in [3.63, 3.8) is 0 Å². The number of aryl methyl sites for hydroxylation is 1. The molecule has 9 heteroatoms. The molecule has 3 rings (SSSR count). The fourth-order valence-electron chi connectivity index (χ4n) is 2.72. The van der Waals surface area contributed by atoms with Gasteiger partial charge in [0.25, 0.3) is 11.5 Å². The van der Waals surface area contributed by atoms with E-state index in [4.69, 9.17) is 0 Å². The summed E-state index contributed by atoms with van der Waals surface area (Å²) in [6.07, 6.45) is 1.69. The highest BCUT2D eigenvalue weighted by atomic mass is 16.2. The predicted molar refractivity (Wildman–Crippen MR) is 102 cm³/mol. The maximum Gasteiger partial charge on any atom is 0.332 e. The van der Waals surface area contributed by atoms with E-state index in [2.05, 4.69) is 15.3 Å². The van der Waals surface area contributed by atoms with Gasteiger partial charge in [-0.25, -0.2) is 14.8 Å². The fraction of sp³-hybridized carbons (Fsp3) is 0.278. The van der Waals surface area contributed by atoms with Gasteiger partial charge in [0.15, 0.2) is 0 Å². The monoisotopic (exact) mass is 368 g/mol. The summed E-state index contributed by atoms with van der Waals surface area (Å²) in [7, 11) is 6.82. The highest BCUT2D eigenvalue weighted by Gasteiger charge is 2.14. The molecule has 1 amide bonds. The Morgan fingerprint density at radius 3 is 2.48 bits per heavy atom. The van der Waals surface area contributed by atoms with Crippen LogP contribution in [0.4, 0.5) is 5.82 Å². The van der Waals surface area contributed by atoms with Gasteiger partial charge in [0, 0.05) is 26.8 Å². The van der Waals surface area contributed by atoms with Gasteiger partial charge in [0.05, 0.1) is 5.39 Å². The Labute approximate surface area is 154 Å². The van der Waals surface area contributed by atoms with Crippen molar-refractivity contribution in [3.05, 3.63) is 62.6 Å². The number of pyridine rings is 2. The SMILES string of the molecule is CN(C)Cc1ccc(NC(=O)c2ccc3c(=O)n(C)c(=O)n(C)c3n2)nc1. The van der Waals surface area contributed by atoms with Gasteiger partial charge in [-0.3, -0.25) is 18.7 Å². The third-order valence-electron chi connectivity index (χ3n) is 4.10. The first-order chi connectivity index (χ1) is 12.8. The van der Waals surface area contributed by atoms with E-state index in [1.807, 2.05) is 25.1 Å². The van der Waals surface area contributed by atoms with Crippen LogP contribution in [0.5, 0.6) is 0 Å². The van der Waals surface area contributed by atoms with Crippen molar-refractivity contribution in [2.45, 2.75) is 6.54 Å². The molecule has 0 bridgehead atoms. The van der Waals surface area contributed by atoms with Crippen LogP contribution in [0.3, 0.4) is 0 Å². The molecule has 3 heterocycles. The smallest absolute Gasteiger partial charge is 0.305 e. The standard InChI is InChI=1S/C18H20N6O3/c1-22(2)10-11-5-8-14(19-9-11)21-16(25)13-7-6-12-15(20-13)23(3)18(27)24(4)17(12)26/h5-9H,10H2,1-4H3,(H,19,21,25). The topological polar surface area (TPSA) is 102 Å². The molecule has 0 spiro atoms. The van der Waals surface area contributed by atoms with E-state index in [0.717, 1.165) is 16.7 Å².